The molecule has 0 bridgehead atoms. The molecule has 3 aromatic rings. The second-order valence-electron chi connectivity index (χ2n) is 10.0. The lowest BCUT2D eigenvalue weighted by Crippen LogP contribution is -2.48. The van der Waals surface area contributed by atoms with Crippen molar-refractivity contribution in [3.8, 4) is 5.75 Å². The topological polar surface area (TPSA) is 36.0 Å². The number of benzene rings is 3. The van der Waals surface area contributed by atoms with Crippen LogP contribution >= 0.6 is 11.6 Å². The molecule has 0 spiro atoms. The van der Waals surface area contributed by atoms with Gasteiger partial charge in [0, 0.05) is 68.9 Å². The quantitative estimate of drug-likeness (QED) is 0.372. The fourth-order valence-electron chi connectivity index (χ4n) is 5.49. The normalized spacial score (nSPS) is 18.0. The highest BCUT2D eigenvalue weighted by Crippen LogP contribution is 2.35. The van der Waals surface area contributed by atoms with E-state index in [0.717, 1.165) is 69.4 Å². The summed E-state index contributed by atoms with van der Waals surface area (Å²) in [6.07, 6.45) is 2.49. The van der Waals surface area contributed by atoms with E-state index in [1.165, 1.54) is 11.3 Å². The van der Waals surface area contributed by atoms with E-state index in [1.54, 1.807) is 0 Å². The van der Waals surface area contributed by atoms with Gasteiger partial charge < -0.3 is 14.5 Å². The molecule has 0 radical (unpaired) electrons. The fraction of sp³-hybridized carbons (Fsp3) is 0.387. The fourth-order valence-corrected chi connectivity index (χ4v) is 5.68. The Balaban J connectivity index is 1.09. The molecule has 0 aliphatic carbocycles. The van der Waals surface area contributed by atoms with Crippen molar-refractivity contribution in [2.45, 2.75) is 25.4 Å². The Labute approximate surface area is 225 Å². The molecule has 5 nitrogen and oxygen atoms in total. The van der Waals surface area contributed by atoms with Crippen molar-refractivity contribution in [1.29, 1.82) is 0 Å². The number of ether oxygens (including phenoxy) is 1. The zero-order chi connectivity index (χ0) is 25.5. The van der Waals surface area contributed by atoms with Crippen LogP contribution in [0, 0.1) is 5.92 Å². The highest BCUT2D eigenvalue weighted by atomic mass is 35.5. The molecule has 0 saturated carbocycles. The van der Waals surface area contributed by atoms with Crippen LogP contribution in [0.1, 0.15) is 30.9 Å². The summed E-state index contributed by atoms with van der Waals surface area (Å²) in [7, 11) is 0. The van der Waals surface area contributed by atoms with E-state index in [0.29, 0.717) is 12.3 Å². The number of amides is 1. The first-order valence-electron chi connectivity index (χ1n) is 13.4. The minimum atomic E-state index is -0.00311. The molecule has 2 aliphatic heterocycles. The SMILES string of the molecule is O=C(CCN1CCN(c2cccc(Cl)c2)CC1)N1CCC(C(Oc2ccccc2)c2ccccc2)CC1. The minimum absolute atomic E-state index is 0.00311. The van der Waals surface area contributed by atoms with Crippen LogP contribution in [-0.2, 0) is 4.79 Å². The number of rotatable bonds is 8. The summed E-state index contributed by atoms with van der Waals surface area (Å²) in [5, 5.41) is 0.774. The van der Waals surface area contributed by atoms with Crippen LogP contribution in [0.4, 0.5) is 5.69 Å². The average molecular weight is 518 g/mol. The van der Waals surface area contributed by atoms with Crippen molar-refractivity contribution in [2.75, 3.05) is 50.7 Å². The third-order valence-electron chi connectivity index (χ3n) is 7.64. The molecule has 194 valence electrons. The van der Waals surface area contributed by atoms with Gasteiger partial charge in [-0.1, -0.05) is 66.2 Å². The lowest BCUT2D eigenvalue weighted by atomic mass is 9.87. The molecule has 1 unspecified atom stereocenters. The molecule has 1 atom stereocenters. The lowest BCUT2D eigenvalue weighted by Gasteiger charge is -2.38. The van der Waals surface area contributed by atoms with E-state index < -0.39 is 0 Å². The number of piperidine rings is 1. The van der Waals surface area contributed by atoms with Gasteiger partial charge in [-0.2, -0.15) is 0 Å². The zero-order valence-electron chi connectivity index (χ0n) is 21.3. The third kappa shape index (κ3) is 6.85. The smallest absolute Gasteiger partial charge is 0.223 e. The van der Waals surface area contributed by atoms with Crippen LogP contribution in [0.3, 0.4) is 0 Å². The number of hydrogen-bond donors (Lipinski definition) is 0. The summed E-state index contributed by atoms with van der Waals surface area (Å²) in [5.41, 5.74) is 2.38. The number of hydrogen-bond acceptors (Lipinski definition) is 4. The second kappa shape index (κ2) is 12.5. The average Bonchev–Trinajstić information content (AvgIpc) is 2.96. The number of piperazine rings is 1. The van der Waals surface area contributed by atoms with E-state index in [-0.39, 0.29) is 12.0 Å². The van der Waals surface area contributed by atoms with Gasteiger partial charge >= 0.3 is 0 Å². The molecule has 2 aliphatic rings. The Morgan fingerprint density at radius 1 is 0.838 bits per heavy atom. The molecule has 2 heterocycles. The van der Waals surface area contributed by atoms with Gasteiger partial charge in [0.25, 0.3) is 0 Å². The Bertz CT molecular complexity index is 1130. The van der Waals surface area contributed by atoms with E-state index in [2.05, 4.69) is 45.0 Å². The summed E-state index contributed by atoms with van der Waals surface area (Å²) >= 11 is 6.16. The number of carbonyl (C=O) groups is 1. The second-order valence-corrected chi connectivity index (χ2v) is 10.5. The molecule has 37 heavy (non-hydrogen) atoms. The van der Waals surface area contributed by atoms with E-state index in [4.69, 9.17) is 16.3 Å². The van der Waals surface area contributed by atoms with Crippen LogP contribution in [0.15, 0.2) is 84.9 Å². The van der Waals surface area contributed by atoms with Crippen molar-refractivity contribution in [1.82, 2.24) is 9.80 Å². The number of carbonyl (C=O) groups excluding carboxylic acids is 1. The lowest BCUT2D eigenvalue weighted by molar-refractivity contribution is -0.133. The number of likely N-dealkylation sites (tertiary alicyclic amines) is 1. The van der Waals surface area contributed by atoms with Crippen molar-refractivity contribution in [3.63, 3.8) is 0 Å². The Morgan fingerprint density at radius 2 is 1.51 bits per heavy atom. The third-order valence-corrected chi connectivity index (χ3v) is 7.88. The van der Waals surface area contributed by atoms with Gasteiger partial charge in [-0.15, -0.1) is 0 Å². The number of nitrogens with zero attached hydrogens (tertiary/aromatic N) is 3. The van der Waals surface area contributed by atoms with Crippen LogP contribution < -0.4 is 9.64 Å². The van der Waals surface area contributed by atoms with E-state index in [1.807, 2.05) is 54.6 Å². The molecule has 2 saturated heterocycles. The van der Waals surface area contributed by atoms with Crippen LogP contribution in [0.2, 0.25) is 5.02 Å². The summed E-state index contributed by atoms with van der Waals surface area (Å²) in [6, 6.07) is 28.6. The van der Waals surface area contributed by atoms with Gasteiger partial charge in [-0.25, -0.2) is 0 Å². The van der Waals surface area contributed by atoms with Gasteiger partial charge in [-0.3, -0.25) is 9.69 Å². The van der Waals surface area contributed by atoms with Gasteiger partial charge in [0.15, 0.2) is 0 Å². The van der Waals surface area contributed by atoms with Crippen molar-refractivity contribution in [2.24, 2.45) is 5.92 Å². The van der Waals surface area contributed by atoms with Crippen molar-refractivity contribution < 1.29 is 9.53 Å². The standard InChI is InChI=1S/C31H36ClN3O2/c32-27-10-7-11-28(24-27)34-22-20-33(21-23-34)17-16-30(36)35-18-14-26(15-19-35)31(25-8-3-1-4-9-25)37-29-12-5-2-6-13-29/h1-13,24,26,31H,14-23H2. The zero-order valence-corrected chi connectivity index (χ0v) is 22.1. The number of halogens is 1. The van der Waals surface area contributed by atoms with Crippen LogP contribution in [0.5, 0.6) is 5.75 Å². The molecule has 5 rings (SSSR count). The van der Waals surface area contributed by atoms with Gasteiger partial charge in [0.1, 0.15) is 11.9 Å². The molecule has 0 N–H and O–H groups in total. The highest BCUT2D eigenvalue weighted by molar-refractivity contribution is 6.30. The van der Waals surface area contributed by atoms with E-state index in [9.17, 15) is 4.79 Å². The molecule has 1 amide bonds. The molecular weight excluding hydrogens is 482 g/mol. The monoisotopic (exact) mass is 517 g/mol. The minimum Gasteiger partial charge on any atom is -0.485 e. The first-order chi connectivity index (χ1) is 18.2. The first-order valence-corrected chi connectivity index (χ1v) is 13.8. The maximum Gasteiger partial charge on any atom is 0.223 e. The number of para-hydroxylation sites is 1. The van der Waals surface area contributed by atoms with Crippen molar-refractivity contribution >= 4 is 23.2 Å². The largest absolute Gasteiger partial charge is 0.485 e. The molecule has 6 heteroatoms. The van der Waals surface area contributed by atoms with Crippen LogP contribution in [-0.4, -0.2) is 61.5 Å². The Morgan fingerprint density at radius 3 is 2.19 bits per heavy atom. The maximum absolute atomic E-state index is 13.0. The predicted octanol–water partition coefficient (Wildman–Crippen LogP) is 5.91. The molecule has 2 fully saturated rings. The predicted molar refractivity (Wildman–Crippen MR) is 150 cm³/mol. The summed E-state index contributed by atoms with van der Waals surface area (Å²) in [5.74, 6) is 1.55. The summed E-state index contributed by atoms with van der Waals surface area (Å²) in [6.45, 7) is 6.28. The number of anilines is 1. The Kier molecular flexibility index (Phi) is 8.64. The molecule has 3 aromatic carbocycles. The Hall–Kier alpha value is -3.02. The van der Waals surface area contributed by atoms with Gasteiger partial charge in [-0.05, 0) is 48.7 Å². The highest BCUT2D eigenvalue weighted by Gasteiger charge is 2.31. The maximum atomic E-state index is 13.0. The van der Waals surface area contributed by atoms with Crippen molar-refractivity contribution in [3.05, 3.63) is 95.5 Å². The van der Waals surface area contributed by atoms with Gasteiger partial charge in [0.2, 0.25) is 5.91 Å². The van der Waals surface area contributed by atoms with Crippen LogP contribution in [0.25, 0.3) is 0 Å². The molecular formula is C31H36ClN3O2. The summed E-state index contributed by atoms with van der Waals surface area (Å²) in [4.78, 5) is 19.9. The van der Waals surface area contributed by atoms with E-state index >= 15 is 0 Å². The van der Waals surface area contributed by atoms with Gasteiger partial charge in [0.05, 0.1) is 0 Å². The summed E-state index contributed by atoms with van der Waals surface area (Å²) < 4.78 is 6.49. The molecule has 0 aromatic heterocycles. The first kappa shape index (κ1) is 25.6.